The zero-order valence-electron chi connectivity index (χ0n) is 19.2. The van der Waals surface area contributed by atoms with Gasteiger partial charge in [0.05, 0.1) is 22.8 Å². The summed E-state index contributed by atoms with van der Waals surface area (Å²) in [6, 6.07) is 15.6. The predicted octanol–water partition coefficient (Wildman–Crippen LogP) is 3.86. The van der Waals surface area contributed by atoms with E-state index in [0.717, 1.165) is 16.5 Å². The Balaban J connectivity index is 1.52. The maximum Gasteiger partial charge on any atom is 0.261 e. The van der Waals surface area contributed by atoms with E-state index in [1.165, 1.54) is 34.0 Å². The highest BCUT2D eigenvalue weighted by molar-refractivity contribution is 6.22. The molecule has 4 aromatic rings. The second-order valence-electron chi connectivity index (χ2n) is 8.53. The van der Waals surface area contributed by atoms with Gasteiger partial charge in [-0.15, -0.1) is 0 Å². The first-order valence-corrected chi connectivity index (χ1v) is 11.0. The summed E-state index contributed by atoms with van der Waals surface area (Å²) in [4.78, 5) is 44.2. The Morgan fingerprint density at radius 1 is 1.06 bits per heavy atom. The third-order valence-corrected chi connectivity index (χ3v) is 5.94. The summed E-state index contributed by atoms with van der Waals surface area (Å²) < 4.78 is 1.40. The molecule has 2 aromatic carbocycles. The zero-order chi connectivity index (χ0) is 24.9. The average molecular weight is 464 g/mol. The molecular weight excluding hydrogens is 444 g/mol. The number of aryl methyl sites for hydroxylation is 1. The van der Waals surface area contributed by atoms with E-state index in [0.29, 0.717) is 5.82 Å². The summed E-state index contributed by atoms with van der Waals surface area (Å²) in [5.74, 6) is -0.763. The van der Waals surface area contributed by atoms with E-state index in [1.807, 2.05) is 43.3 Å². The third kappa shape index (κ3) is 3.52. The summed E-state index contributed by atoms with van der Waals surface area (Å²) in [7, 11) is 0. The second-order valence-corrected chi connectivity index (χ2v) is 8.53. The molecule has 9 heteroatoms. The molecule has 1 aliphatic heterocycles. The van der Waals surface area contributed by atoms with Crippen molar-refractivity contribution in [1.82, 2.24) is 19.7 Å². The summed E-state index contributed by atoms with van der Waals surface area (Å²) in [6.45, 7) is 5.45. The van der Waals surface area contributed by atoms with Crippen LogP contribution in [0.15, 0.2) is 54.7 Å². The molecule has 3 heterocycles. The molecule has 5 rings (SSSR count). The molecule has 0 saturated carbocycles. The van der Waals surface area contributed by atoms with Crippen LogP contribution in [0, 0.1) is 18.3 Å². The normalized spacial score (nSPS) is 12.8. The van der Waals surface area contributed by atoms with Crippen molar-refractivity contribution in [2.24, 2.45) is 0 Å². The Labute approximate surface area is 200 Å². The minimum atomic E-state index is -0.549. The van der Waals surface area contributed by atoms with Gasteiger partial charge in [0.2, 0.25) is 0 Å². The number of amides is 3. The van der Waals surface area contributed by atoms with Gasteiger partial charge in [-0.3, -0.25) is 19.3 Å². The average Bonchev–Trinajstić information content (AvgIpc) is 3.36. The van der Waals surface area contributed by atoms with E-state index in [4.69, 9.17) is 0 Å². The number of anilines is 1. The summed E-state index contributed by atoms with van der Waals surface area (Å²) in [5.41, 5.74) is 2.49. The second kappa shape index (κ2) is 8.18. The van der Waals surface area contributed by atoms with Gasteiger partial charge in [-0.05, 0) is 56.7 Å². The summed E-state index contributed by atoms with van der Waals surface area (Å²) in [6.07, 6.45) is 1.35. The molecular formula is C26H20N6O3. The number of nitrogens with one attached hydrogen (secondary N) is 1. The minimum absolute atomic E-state index is 0.157. The molecule has 0 unspecified atom stereocenters. The number of nitrogens with zero attached hydrogens (tertiary/aromatic N) is 5. The number of aromatic nitrogens is 3. The van der Waals surface area contributed by atoms with Crippen LogP contribution in [0.4, 0.5) is 5.82 Å². The van der Waals surface area contributed by atoms with Crippen LogP contribution in [0.25, 0.3) is 16.7 Å². The molecule has 1 aliphatic rings. The quantitative estimate of drug-likeness (QED) is 0.458. The lowest BCUT2D eigenvalue weighted by molar-refractivity contribution is 0.0609. The SMILES string of the molecule is Cc1cc(-n2ncc(C#N)c2NC(=O)c2ccc3c(c2)C(=O)N(C(C)C)C3=O)nc2ccccc12. The first kappa shape index (κ1) is 22.0. The van der Waals surface area contributed by atoms with Crippen molar-refractivity contribution in [3.8, 4) is 11.9 Å². The third-order valence-electron chi connectivity index (χ3n) is 5.94. The molecule has 0 spiro atoms. The molecule has 0 saturated heterocycles. The predicted molar refractivity (Wildman–Crippen MR) is 128 cm³/mol. The highest BCUT2D eigenvalue weighted by Gasteiger charge is 2.37. The number of carbonyl (C=O) groups excluding carboxylic acids is 3. The summed E-state index contributed by atoms with van der Waals surface area (Å²) >= 11 is 0. The van der Waals surface area contributed by atoms with E-state index in [2.05, 4.69) is 15.4 Å². The topological polar surface area (TPSA) is 121 Å². The molecule has 1 N–H and O–H groups in total. The standard InChI is InChI=1S/C26H20N6O3/c1-14(2)31-25(34)19-9-8-16(11-20(19)26(31)35)24(33)30-23-17(12-27)13-28-32(23)22-10-15(3)18-6-4-5-7-21(18)29-22/h4-11,13-14H,1-3H3,(H,30,33). The van der Waals surface area contributed by atoms with Gasteiger partial charge in [-0.2, -0.15) is 15.0 Å². The lowest BCUT2D eigenvalue weighted by Gasteiger charge is -2.17. The van der Waals surface area contributed by atoms with Gasteiger partial charge in [0.1, 0.15) is 11.6 Å². The molecule has 9 nitrogen and oxygen atoms in total. The maximum atomic E-state index is 13.2. The van der Waals surface area contributed by atoms with Crippen LogP contribution in [0.1, 0.15) is 56.0 Å². The van der Waals surface area contributed by atoms with Crippen LogP contribution in [-0.4, -0.2) is 43.4 Å². The van der Waals surface area contributed by atoms with Crippen LogP contribution >= 0.6 is 0 Å². The minimum Gasteiger partial charge on any atom is -0.305 e. The largest absolute Gasteiger partial charge is 0.305 e. The van der Waals surface area contributed by atoms with E-state index in [-0.39, 0.29) is 40.0 Å². The molecule has 0 radical (unpaired) electrons. The van der Waals surface area contributed by atoms with Crippen LogP contribution in [-0.2, 0) is 0 Å². The monoisotopic (exact) mass is 464 g/mol. The maximum absolute atomic E-state index is 13.2. The molecule has 2 aromatic heterocycles. The van der Waals surface area contributed by atoms with Crippen LogP contribution < -0.4 is 5.32 Å². The van der Waals surface area contributed by atoms with Crippen molar-refractivity contribution in [3.05, 3.63) is 82.5 Å². The first-order chi connectivity index (χ1) is 16.8. The van der Waals surface area contributed by atoms with Gasteiger partial charge in [0, 0.05) is 17.0 Å². The highest BCUT2D eigenvalue weighted by Crippen LogP contribution is 2.27. The highest BCUT2D eigenvalue weighted by atomic mass is 16.2. The van der Waals surface area contributed by atoms with Gasteiger partial charge in [0.25, 0.3) is 17.7 Å². The molecule has 0 bridgehead atoms. The van der Waals surface area contributed by atoms with Crippen LogP contribution in [0.3, 0.4) is 0 Å². The number of imide groups is 1. The van der Waals surface area contributed by atoms with E-state index in [9.17, 15) is 19.6 Å². The van der Waals surface area contributed by atoms with Crippen LogP contribution in [0.5, 0.6) is 0 Å². The molecule has 3 amide bonds. The van der Waals surface area contributed by atoms with Crippen molar-refractivity contribution in [1.29, 1.82) is 5.26 Å². The van der Waals surface area contributed by atoms with E-state index >= 15 is 0 Å². The number of carbonyl (C=O) groups is 3. The van der Waals surface area contributed by atoms with Gasteiger partial charge in [0.15, 0.2) is 11.6 Å². The number of rotatable bonds is 4. The zero-order valence-corrected chi connectivity index (χ0v) is 19.2. The number of fused-ring (bicyclic) bond motifs is 2. The Hall–Kier alpha value is -4.84. The Kier molecular flexibility index (Phi) is 5.14. The fourth-order valence-electron chi connectivity index (χ4n) is 4.21. The summed E-state index contributed by atoms with van der Waals surface area (Å²) in [5, 5.41) is 17.6. The molecule has 0 atom stereocenters. The molecule has 172 valence electrons. The number of hydrogen-bond donors (Lipinski definition) is 1. The van der Waals surface area contributed by atoms with Crippen molar-refractivity contribution in [2.45, 2.75) is 26.8 Å². The van der Waals surface area contributed by atoms with Crippen LogP contribution in [0.2, 0.25) is 0 Å². The number of hydrogen-bond acceptors (Lipinski definition) is 6. The molecule has 35 heavy (non-hydrogen) atoms. The van der Waals surface area contributed by atoms with Gasteiger partial charge >= 0.3 is 0 Å². The Morgan fingerprint density at radius 2 is 1.80 bits per heavy atom. The fraction of sp³-hybridized carbons (Fsp3) is 0.154. The Bertz CT molecular complexity index is 1590. The van der Waals surface area contributed by atoms with Gasteiger partial charge < -0.3 is 5.32 Å². The van der Waals surface area contributed by atoms with Gasteiger partial charge in [-0.25, -0.2) is 4.98 Å². The van der Waals surface area contributed by atoms with Gasteiger partial charge in [-0.1, -0.05) is 18.2 Å². The number of pyridine rings is 1. The fourth-order valence-corrected chi connectivity index (χ4v) is 4.21. The molecule has 0 fully saturated rings. The van der Waals surface area contributed by atoms with E-state index in [1.54, 1.807) is 13.8 Å². The molecule has 0 aliphatic carbocycles. The van der Waals surface area contributed by atoms with Crippen molar-refractivity contribution in [2.75, 3.05) is 5.32 Å². The smallest absolute Gasteiger partial charge is 0.261 e. The number of nitriles is 1. The van der Waals surface area contributed by atoms with Crippen molar-refractivity contribution >= 4 is 34.4 Å². The van der Waals surface area contributed by atoms with Crippen molar-refractivity contribution in [3.63, 3.8) is 0 Å². The number of benzene rings is 2. The number of para-hydroxylation sites is 1. The van der Waals surface area contributed by atoms with E-state index < -0.39 is 11.8 Å². The Morgan fingerprint density at radius 3 is 2.54 bits per heavy atom. The first-order valence-electron chi connectivity index (χ1n) is 11.0. The van der Waals surface area contributed by atoms with Crippen molar-refractivity contribution < 1.29 is 14.4 Å². The lowest BCUT2D eigenvalue weighted by Crippen LogP contribution is -2.35. The lowest BCUT2D eigenvalue weighted by atomic mass is 10.1.